The van der Waals surface area contributed by atoms with Gasteiger partial charge in [0.15, 0.2) is 0 Å². The van der Waals surface area contributed by atoms with Crippen molar-refractivity contribution in [3.63, 3.8) is 0 Å². The van der Waals surface area contributed by atoms with Gasteiger partial charge in [-0.25, -0.2) is 0 Å². The van der Waals surface area contributed by atoms with Crippen LogP contribution in [0.15, 0.2) is 18.2 Å². The maximum Gasteiger partial charge on any atom is 0.0325 e. The second-order valence-corrected chi connectivity index (χ2v) is 5.31. The standard InChI is InChI=1S/C15H24N2/c1-11-6-7-15(12(2)9-11)13(3)17-8-4-5-14(17)10-16/h6-7,9,13-14H,4-5,8,10,16H2,1-3H3. The van der Waals surface area contributed by atoms with Gasteiger partial charge in [0.05, 0.1) is 0 Å². The van der Waals surface area contributed by atoms with Gasteiger partial charge in [-0.1, -0.05) is 23.8 Å². The van der Waals surface area contributed by atoms with Crippen LogP contribution in [0.4, 0.5) is 0 Å². The quantitative estimate of drug-likeness (QED) is 0.868. The van der Waals surface area contributed by atoms with Crippen LogP contribution in [-0.2, 0) is 0 Å². The molecule has 0 amide bonds. The molecular formula is C15H24N2. The molecule has 1 aliphatic rings. The van der Waals surface area contributed by atoms with Gasteiger partial charge in [-0.2, -0.15) is 0 Å². The maximum atomic E-state index is 5.86. The Morgan fingerprint density at radius 2 is 2.18 bits per heavy atom. The first-order valence-corrected chi connectivity index (χ1v) is 6.66. The minimum Gasteiger partial charge on any atom is -0.329 e. The van der Waals surface area contributed by atoms with E-state index in [1.165, 1.54) is 36.1 Å². The Balaban J connectivity index is 2.21. The number of nitrogens with two attached hydrogens (primary N) is 1. The third-order valence-corrected chi connectivity index (χ3v) is 4.07. The number of aryl methyl sites for hydroxylation is 2. The molecule has 2 unspecified atom stereocenters. The lowest BCUT2D eigenvalue weighted by Crippen LogP contribution is -2.37. The topological polar surface area (TPSA) is 29.3 Å². The Morgan fingerprint density at radius 3 is 2.82 bits per heavy atom. The van der Waals surface area contributed by atoms with Crippen LogP contribution in [0, 0.1) is 13.8 Å². The van der Waals surface area contributed by atoms with Crippen molar-refractivity contribution in [3.05, 3.63) is 34.9 Å². The molecule has 0 spiro atoms. The molecule has 94 valence electrons. The molecule has 2 N–H and O–H groups in total. The van der Waals surface area contributed by atoms with Crippen LogP contribution in [0.2, 0.25) is 0 Å². The summed E-state index contributed by atoms with van der Waals surface area (Å²) >= 11 is 0. The van der Waals surface area contributed by atoms with E-state index in [0.717, 1.165) is 6.54 Å². The summed E-state index contributed by atoms with van der Waals surface area (Å²) in [6.07, 6.45) is 2.54. The fourth-order valence-electron chi connectivity index (χ4n) is 3.09. The molecule has 0 bridgehead atoms. The Bertz CT molecular complexity index is 387. The van der Waals surface area contributed by atoms with E-state index in [1.807, 2.05) is 0 Å². The van der Waals surface area contributed by atoms with Crippen LogP contribution < -0.4 is 5.73 Å². The first kappa shape index (κ1) is 12.6. The Labute approximate surface area is 105 Å². The second-order valence-electron chi connectivity index (χ2n) is 5.31. The fraction of sp³-hybridized carbons (Fsp3) is 0.600. The van der Waals surface area contributed by atoms with Crippen LogP contribution in [0.1, 0.15) is 42.5 Å². The van der Waals surface area contributed by atoms with Gasteiger partial charge in [0.2, 0.25) is 0 Å². The summed E-state index contributed by atoms with van der Waals surface area (Å²) in [6, 6.07) is 7.84. The summed E-state index contributed by atoms with van der Waals surface area (Å²) in [4.78, 5) is 2.57. The van der Waals surface area contributed by atoms with Crippen molar-refractivity contribution in [2.75, 3.05) is 13.1 Å². The SMILES string of the molecule is Cc1ccc(C(C)N2CCCC2CN)c(C)c1. The zero-order valence-electron chi connectivity index (χ0n) is 11.2. The average Bonchev–Trinajstić information content (AvgIpc) is 2.76. The lowest BCUT2D eigenvalue weighted by atomic mass is 9.98. The molecule has 2 heteroatoms. The van der Waals surface area contributed by atoms with Crippen molar-refractivity contribution >= 4 is 0 Å². The normalized spacial score (nSPS) is 22.9. The molecule has 0 radical (unpaired) electrons. The van der Waals surface area contributed by atoms with E-state index < -0.39 is 0 Å². The van der Waals surface area contributed by atoms with Gasteiger partial charge >= 0.3 is 0 Å². The molecule has 1 aromatic carbocycles. The molecule has 0 aromatic heterocycles. The van der Waals surface area contributed by atoms with Crippen LogP contribution in [0.5, 0.6) is 0 Å². The smallest absolute Gasteiger partial charge is 0.0325 e. The number of hydrogen-bond acceptors (Lipinski definition) is 2. The first-order valence-electron chi connectivity index (χ1n) is 6.66. The van der Waals surface area contributed by atoms with E-state index in [2.05, 4.69) is 43.9 Å². The van der Waals surface area contributed by atoms with Crippen LogP contribution in [0.3, 0.4) is 0 Å². The fourth-order valence-corrected chi connectivity index (χ4v) is 3.09. The molecule has 1 saturated heterocycles. The Morgan fingerprint density at radius 1 is 1.41 bits per heavy atom. The highest BCUT2D eigenvalue weighted by Crippen LogP contribution is 2.30. The predicted molar refractivity (Wildman–Crippen MR) is 73.1 cm³/mol. The van der Waals surface area contributed by atoms with E-state index in [1.54, 1.807) is 0 Å². The first-order chi connectivity index (χ1) is 8.13. The number of nitrogens with zero attached hydrogens (tertiary/aromatic N) is 1. The van der Waals surface area contributed by atoms with Crippen molar-refractivity contribution in [1.29, 1.82) is 0 Å². The van der Waals surface area contributed by atoms with E-state index in [9.17, 15) is 0 Å². The summed E-state index contributed by atoms with van der Waals surface area (Å²) < 4.78 is 0. The minimum absolute atomic E-state index is 0.492. The molecule has 1 aliphatic heterocycles. The van der Waals surface area contributed by atoms with Gasteiger partial charge in [0.1, 0.15) is 0 Å². The lowest BCUT2D eigenvalue weighted by molar-refractivity contribution is 0.196. The van der Waals surface area contributed by atoms with Gasteiger partial charge < -0.3 is 5.73 Å². The largest absolute Gasteiger partial charge is 0.329 e. The van der Waals surface area contributed by atoms with Crippen LogP contribution >= 0.6 is 0 Å². The molecule has 1 fully saturated rings. The molecule has 2 atom stereocenters. The van der Waals surface area contributed by atoms with Crippen LogP contribution in [0.25, 0.3) is 0 Å². The number of likely N-dealkylation sites (tertiary alicyclic amines) is 1. The second kappa shape index (κ2) is 5.19. The van der Waals surface area contributed by atoms with Gasteiger partial charge in [-0.3, -0.25) is 4.90 Å². The van der Waals surface area contributed by atoms with Gasteiger partial charge in [-0.15, -0.1) is 0 Å². The van der Waals surface area contributed by atoms with Crippen LogP contribution in [-0.4, -0.2) is 24.0 Å². The summed E-state index contributed by atoms with van der Waals surface area (Å²) in [5, 5.41) is 0. The molecule has 2 rings (SSSR count). The zero-order valence-corrected chi connectivity index (χ0v) is 11.2. The predicted octanol–water partition coefficient (Wildman–Crippen LogP) is 2.79. The molecule has 0 saturated carbocycles. The van der Waals surface area contributed by atoms with Crippen molar-refractivity contribution in [3.8, 4) is 0 Å². The van der Waals surface area contributed by atoms with Gasteiger partial charge in [-0.05, 0) is 51.3 Å². The average molecular weight is 232 g/mol. The number of rotatable bonds is 3. The summed E-state index contributed by atoms with van der Waals surface area (Å²) in [5.74, 6) is 0. The molecule has 0 aliphatic carbocycles. The van der Waals surface area contributed by atoms with Crippen molar-refractivity contribution in [1.82, 2.24) is 4.90 Å². The minimum atomic E-state index is 0.492. The highest BCUT2D eigenvalue weighted by molar-refractivity contribution is 5.32. The zero-order chi connectivity index (χ0) is 12.4. The summed E-state index contributed by atoms with van der Waals surface area (Å²) in [7, 11) is 0. The molecule has 1 heterocycles. The Kier molecular flexibility index (Phi) is 3.85. The van der Waals surface area contributed by atoms with Gasteiger partial charge in [0.25, 0.3) is 0 Å². The highest BCUT2D eigenvalue weighted by atomic mass is 15.2. The monoisotopic (exact) mass is 232 g/mol. The van der Waals surface area contributed by atoms with E-state index in [4.69, 9.17) is 5.73 Å². The van der Waals surface area contributed by atoms with E-state index in [-0.39, 0.29) is 0 Å². The number of hydrogen-bond donors (Lipinski definition) is 1. The Hall–Kier alpha value is -0.860. The summed E-state index contributed by atoms with van der Waals surface area (Å²) in [6.45, 7) is 8.66. The maximum absolute atomic E-state index is 5.86. The molecule has 1 aromatic rings. The van der Waals surface area contributed by atoms with E-state index >= 15 is 0 Å². The summed E-state index contributed by atoms with van der Waals surface area (Å²) in [5.41, 5.74) is 10.1. The third kappa shape index (κ3) is 2.53. The molecular weight excluding hydrogens is 208 g/mol. The molecule has 17 heavy (non-hydrogen) atoms. The van der Waals surface area contributed by atoms with Crippen molar-refractivity contribution < 1.29 is 0 Å². The van der Waals surface area contributed by atoms with E-state index in [0.29, 0.717) is 12.1 Å². The highest BCUT2D eigenvalue weighted by Gasteiger charge is 2.28. The molecule has 2 nitrogen and oxygen atoms in total. The van der Waals surface area contributed by atoms with Crippen molar-refractivity contribution in [2.24, 2.45) is 5.73 Å². The van der Waals surface area contributed by atoms with Gasteiger partial charge in [0, 0.05) is 18.6 Å². The lowest BCUT2D eigenvalue weighted by Gasteiger charge is -2.31. The van der Waals surface area contributed by atoms with Crippen molar-refractivity contribution in [2.45, 2.75) is 45.7 Å². The number of benzene rings is 1. The third-order valence-electron chi connectivity index (χ3n) is 4.07.